The molecule has 38 heavy (non-hydrogen) atoms. The average molecular weight is 538 g/mol. The Morgan fingerprint density at radius 1 is 1.13 bits per heavy atom. The maximum Gasteiger partial charge on any atom is 0.225 e. The lowest BCUT2D eigenvalue weighted by atomic mass is 9.80. The van der Waals surface area contributed by atoms with Crippen molar-refractivity contribution in [2.75, 3.05) is 26.9 Å². The van der Waals surface area contributed by atoms with E-state index >= 15 is 0 Å². The molecule has 1 aromatic rings. The molecule has 0 aliphatic heterocycles. The van der Waals surface area contributed by atoms with E-state index < -0.39 is 29.3 Å². The first-order valence-corrected chi connectivity index (χ1v) is 13.8. The van der Waals surface area contributed by atoms with Gasteiger partial charge in [0.2, 0.25) is 11.8 Å². The number of primary amides is 1. The summed E-state index contributed by atoms with van der Waals surface area (Å²) in [5.74, 6) is -0.785. The smallest absolute Gasteiger partial charge is 0.225 e. The summed E-state index contributed by atoms with van der Waals surface area (Å²) < 4.78 is 24.9. The molecule has 0 saturated heterocycles. The molecule has 1 aliphatic carbocycles. The predicted octanol–water partition coefficient (Wildman–Crippen LogP) is 3.18. The Morgan fingerprint density at radius 3 is 2.37 bits per heavy atom. The molecule has 9 heteroatoms. The number of hydrogen-bond acceptors (Lipinski definition) is 6. The first-order valence-electron chi connectivity index (χ1n) is 13.8. The molecule has 1 aromatic carbocycles. The van der Waals surface area contributed by atoms with Crippen LogP contribution in [-0.4, -0.2) is 55.9 Å². The summed E-state index contributed by atoms with van der Waals surface area (Å²) >= 11 is 0. The zero-order valence-corrected chi connectivity index (χ0v) is 23.7. The fourth-order valence-corrected chi connectivity index (χ4v) is 4.74. The van der Waals surface area contributed by atoms with E-state index in [1.807, 2.05) is 13.8 Å². The van der Waals surface area contributed by atoms with E-state index in [9.17, 15) is 19.1 Å². The van der Waals surface area contributed by atoms with Gasteiger partial charge in [-0.3, -0.25) is 9.59 Å². The Hall–Kier alpha value is -2.23. The fraction of sp³-hybridized carbons (Fsp3) is 0.724. The van der Waals surface area contributed by atoms with Crippen LogP contribution in [0, 0.1) is 34.9 Å². The number of methoxy groups -OCH3 is 1. The van der Waals surface area contributed by atoms with Crippen LogP contribution in [-0.2, 0) is 20.7 Å². The van der Waals surface area contributed by atoms with Gasteiger partial charge < -0.3 is 31.4 Å². The third-order valence-corrected chi connectivity index (χ3v) is 7.87. The minimum Gasteiger partial charge on any atom is -0.490 e. The third kappa shape index (κ3) is 9.50. The second kappa shape index (κ2) is 14.8. The number of ether oxygens (including phenoxy) is 2. The van der Waals surface area contributed by atoms with Crippen molar-refractivity contribution in [1.29, 1.82) is 0 Å². The SMILES string of the molecule is COCCCOc1cc(C[C@@H](C[C@H](N)[C@@H](O)C[C@H](C(=O)NCC2(C(N)=O)CC2)C(C)C)C(C)C)ccc1F. The number of nitrogens with two attached hydrogens (primary N) is 2. The molecule has 0 aromatic heterocycles. The topological polar surface area (TPSA) is 137 Å². The lowest BCUT2D eigenvalue weighted by Crippen LogP contribution is -2.44. The van der Waals surface area contributed by atoms with Crippen molar-refractivity contribution in [2.45, 2.75) is 78.4 Å². The lowest BCUT2D eigenvalue weighted by Gasteiger charge is -2.30. The highest BCUT2D eigenvalue weighted by Gasteiger charge is 2.48. The number of hydrogen-bond donors (Lipinski definition) is 4. The van der Waals surface area contributed by atoms with E-state index in [2.05, 4.69) is 19.2 Å². The third-order valence-electron chi connectivity index (χ3n) is 7.87. The minimum atomic E-state index is -0.867. The summed E-state index contributed by atoms with van der Waals surface area (Å²) in [5.41, 5.74) is 12.3. The van der Waals surface area contributed by atoms with Gasteiger partial charge in [0, 0.05) is 38.6 Å². The van der Waals surface area contributed by atoms with Crippen molar-refractivity contribution >= 4 is 11.8 Å². The molecule has 0 unspecified atom stereocenters. The first kappa shape index (κ1) is 32.0. The molecule has 216 valence electrons. The maximum absolute atomic E-state index is 14.2. The highest BCUT2D eigenvalue weighted by molar-refractivity contribution is 5.85. The van der Waals surface area contributed by atoms with E-state index in [0.717, 1.165) is 5.56 Å². The maximum atomic E-state index is 14.2. The number of nitrogens with one attached hydrogen (secondary N) is 1. The number of halogens is 1. The van der Waals surface area contributed by atoms with Crippen LogP contribution in [0.15, 0.2) is 18.2 Å². The number of amides is 2. The zero-order chi connectivity index (χ0) is 28.5. The summed E-state index contributed by atoms with van der Waals surface area (Å²) in [7, 11) is 1.61. The van der Waals surface area contributed by atoms with Crippen LogP contribution >= 0.6 is 0 Å². The number of carbonyl (C=O) groups is 2. The van der Waals surface area contributed by atoms with Crippen LogP contribution in [0.1, 0.15) is 65.4 Å². The van der Waals surface area contributed by atoms with E-state index in [0.29, 0.717) is 45.3 Å². The van der Waals surface area contributed by atoms with Gasteiger partial charge >= 0.3 is 0 Å². The monoisotopic (exact) mass is 537 g/mol. The summed E-state index contributed by atoms with van der Waals surface area (Å²) in [6.07, 6.45) is 2.63. The molecule has 4 atom stereocenters. The Bertz CT molecular complexity index is 906. The number of rotatable bonds is 18. The van der Waals surface area contributed by atoms with Gasteiger partial charge in [0.05, 0.1) is 18.1 Å². The van der Waals surface area contributed by atoms with Crippen molar-refractivity contribution < 1.29 is 28.6 Å². The molecular weight excluding hydrogens is 489 g/mol. The molecule has 6 N–H and O–H groups in total. The van der Waals surface area contributed by atoms with Crippen molar-refractivity contribution in [3.8, 4) is 5.75 Å². The van der Waals surface area contributed by atoms with Gasteiger partial charge in [-0.05, 0) is 67.6 Å². The van der Waals surface area contributed by atoms with Gasteiger partial charge in [0.25, 0.3) is 0 Å². The molecular formula is C29H48FN3O5. The molecule has 0 spiro atoms. The summed E-state index contributed by atoms with van der Waals surface area (Å²) in [6.45, 7) is 9.22. The van der Waals surface area contributed by atoms with E-state index in [4.69, 9.17) is 20.9 Å². The van der Waals surface area contributed by atoms with Crippen LogP contribution in [0.4, 0.5) is 4.39 Å². The van der Waals surface area contributed by atoms with Crippen LogP contribution in [0.25, 0.3) is 0 Å². The van der Waals surface area contributed by atoms with Gasteiger partial charge in [-0.1, -0.05) is 33.8 Å². The molecule has 1 fully saturated rings. The minimum absolute atomic E-state index is 0.0111. The highest BCUT2D eigenvalue weighted by Crippen LogP contribution is 2.44. The largest absolute Gasteiger partial charge is 0.490 e. The van der Waals surface area contributed by atoms with Gasteiger partial charge in [-0.15, -0.1) is 0 Å². The molecule has 1 aliphatic rings. The summed E-state index contributed by atoms with van der Waals surface area (Å²) in [6, 6.07) is 4.38. The Morgan fingerprint density at radius 2 is 1.82 bits per heavy atom. The lowest BCUT2D eigenvalue weighted by molar-refractivity contribution is -0.128. The van der Waals surface area contributed by atoms with E-state index in [-0.39, 0.29) is 48.3 Å². The summed E-state index contributed by atoms with van der Waals surface area (Å²) in [4.78, 5) is 24.6. The van der Waals surface area contributed by atoms with Crippen molar-refractivity contribution in [1.82, 2.24) is 5.32 Å². The van der Waals surface area contributed by atoms with Crippen LogP contribution < -0.4 is 21.5 Å². The van der Waals surface area contributed by atoms with E-state index in [1.54, 1.807) is 19.2 Å². The van der Waals surface area contributed by atoms with Crippen LogP contribution in [0.2, 0.25) is 0 Å². The molecule has 8 nitrogen and oxygen atoms in total. The molecule has 0 heterocycles. The molecule has 2 rings (SSSR count). The highest BCUT2D eigenvalue weighted by atomic mass is 19.1. The summed E-state index contributed by atoms with van der Waals surface area (Å²) in [5, 5.41) is 13.8. The first-order chi connectivity index (χ1) is 17.9. The second-order valence-electron chi connectivity index (χ2n) is 11.6. The van der Waals surface area contributed by atoms with Crippen LogP contribution in [0.5, 0.6) is 5.75 Å². The van der Waals surface area contributed by atoms with Crippen molar-refractivity contribution in [2.24, 2.45) is 40.6 Å². The molecule has 0 radical (unpaired) electrons. The second-order valence-corrected chi connectivity index (χ2v) is 11.6. The standard InChI is InChI=1S/C29H48FN3O5/c1-18(2)21(13-20-7-8-23(30)26(14-20)38-12-6-11-37-5)15-24(31)25(34)16-22(19(3)4)27(35)33-17-29(9-10-29)28(32)36/h7-8,14,18-19,21-22,24-25,34H,6,9-13,15-17,31H2,1-5H3,(H2,32,36)(H,33,35)/t21-,22-,24-,25-/m0/s1. The van der Waals surface area contributed by atoms with Crippen LogP contribution in [0.3, 0.4) is 0 Å². The normalized spacial score (nSPS) is 17.6. The van der Waals surface area contributed by atoms with Gasteiger partial charge in [-0.2, -0.15) is 0 Å². The van der Waals surface area contributed by atoms with Crippen molar-refractivity contribution in [3.05, 3.63) is 29.6 Å². The van der Waals surface area contributed by atoms with Gasteiger partial charge in [0.15, 0.2) is 11.6 Å². The van der Waals surface area contributed by atoms with Gasteiger partial charge in [-0.25, -0.2) is 4.39 Å². The Balaban J connectivity index is 1.97. The molecule has 2 amide bonds. The van der Waals surface area contributed by atoms with Gasteiger partial charge in [0.1, 0.15) is 0 Å². The number of aliphatic hydroxyl groups excluding tert-OH is 1. The number of aliphatic hydroxyl groups is 1. The Kier molecular flexibility index (Phi) is 12.5. The quantitative estimate of drug-likeness (QED) is 0.212. The zero-order valence-electron chi connectivity index (χ0n) is 23.7. The van der Waals surface area contributed by atoms with E-state index in [1.165, 1.54) is 6.07 Å². The molecule has 1 saturated carbocycles. The number of carbonyl (C=O) groups excluding carboxylic acids is 2. The predicted molar refractivity (Wildman–Crippen MR) is 146 cm³/mol. The Labute approximate surface area is 227 Å². The number of benzene rings is 1. The molecule has 0 bridgehead atoms. The fourth-order valence-electron chi connectivity index (χ4n) is 4.74. The van der Waals surface area contributed by atoms with Crippen molar-refractivity contribution in [3.63, 3.8) is 0 Å². The average Bonchev–Trinajstić information content (AvgIpc) is 3.66.